The Bertz CT molecular complexity index is 218. The number of hydrogen-bond donors (Lipinski definition) is 1. The van der Waals surface area contributed by atoms with E-state index in [0.717, 1.165) is 18.3 Å². The molecule has 0 spiro atoms. The van der Waals surface area contributed by atoms with Crippen LogP contribution in [0.2, 0.25) is 0 Å². The first-order chi connectivity index (χ1) is 5.45. The van der Waals surface area contributed by atoms with Gasteiger partial charge in [0.1, 0.15) is 6.33 Å². The lowest BCUT2D eigenvalue weighted by atomic mass is 10.4. The molecule has 0 aliphatic heterocycles. The summed E-state index contributed by atoms with van der Waals surface area (Å²) in [7, 11) is 0. The van der Waals surface area contributed by atoms with E-state index in [9.17, 15) is 0 Å². The maximum absolute atomic E-state index is 4.10. The number of nitrogens with zero attached hydrogens (tertiary/aromatic N) is 2. The van der Waals surface area contributed by atoms with Crippen molar-refractivity contribution >= 4 is 0 Å². The second-order valence-corrected chi connectivity index (χ2v) is 2.86. The number of hydrogen-bond acceptors (Lipinski definition) is 3. The maximum atomic E-state index is 4.10. The van der Waals surface area contributed by atoms with E-state index in [4.69, 9.17) is 0 Å². The first-order valence-electron chi connectivity index (χ1n) is 3.93. The minimum atomic E-state index is 0.755. The van der Waals surface area contributed by atoms with E-state index < -0.39 is 0 Å². The quantitative estimate of drug-likeness (QED) is 0.688. The predicted molar refractivity (Wildman–Crippen MR) is 41.9 cm³/mol. The van der Waals surface area contributed by atoms with Gasteiger partial charge in [-0.1, -0.05) is 0 Å². The standard InChI is InChI=1S/C8H11N3/c1-2-7(1)10-5-8-3-4-9-6-11-8/h3-4,6-7,10H,1-2,5H2. The Kier molecular flexibility index (Phi) is 1.81. The molecule has 0 radical (unpaired) electrons. The first-order valence-corrected chi connectivity index (χ1v) is 3.93. The van der Waals surface area contributed by atoms with Crippen molar-refractivity contribution in [3.63, 3.8) is 0 Å². The van der Waals surface area contributed by atoms with Crippen LogP contribution in [-0.2, 0) is 6.54 Å². The lowest BCUT2D eigenvalue weighted by Crippen LogP contribution is -2.15. The summed E-state index contributed by atoms with van der Waals surface area (Å²) in [6, 6.07) is 2.69. The largest absolute Gasteiger partial charge is 0.308 e. The Morgan fingerprint density at radius 2 is 2.45 bits per heavy atom. The molecular weight excluding hydrogens is 138 g/mol. The van der Waals surface area contributed by atoms with Crippen LogP contribution in [0, 0.1) is 0 Å². The van der Waals surface area contributed by atoms with Crippen molar-refractivity contribution in [3.8, 4) is 0 Å². The van der Waals surface area contributed by atoms with Gasteiger partial charge < -0.3 is 5.32 Å². The summed E-state index contributed by atoms with van der Waals surface area (Å²) in [5.41, 5.74) is 1.08. The van der Waals surface area contributed by atoms with Crippen molar-refractivity contribution in [3.05, 3.63) is 24.3 Å². The normalized spacial score (nSPS) is 16.7. The molecule has 2 rings (SSSR count). The Morgan fingerprint density at radius 1 is 1.55 bits per heavy atom. The van der Waals surface area contributed by atoms with Gasteiger partial charge in [-0.15, -0.1) is 0 Å². The average molecular weight is 149 g/mol. The second kappa shape index (κ2) is 2.96. The number of rotatable bonds is 3. The van der Waals surface area contributed by atoms with Gasteiger partial charge in [0.25, 0.3) is 0 Å². The van der Waals surface area contributed by atoms with Crippen LogP contribution < -0.4 is 5.32 Å². The van der Waals surface area contributed by atoms with Crippen molar-refractivity contribution in [2.24, 2.45) is 0 Å². The third-order valence-corrected chi connectivity index (χ3v) is 1.79. The highest BCUT2D eigenvalue weighted by Gasteiger charge is 2.19. The van der Waals surface area contributed by atoms with Crippen molar-refractivity contribution in [2.75, 3.05) is 0 Å². The van der Waals surface area contributed by atoms with Crippen molar-refractivity contribution in [1.29, 1.82) is 0 Å². The average Bonchev–Trinajstić information content (AvgIpc) is 2.86. The summed E-state index contributed by atoms with van der Waals surface area (Å²) in [5, 5.41) is 3.38. The Hall–Kier alpha value is -0.960. The van der Waals surface area contributed by atoms with Crippen molar-refractivity contribution in [1.82, 2.24) is 15.3 Å². The first kappa shape index (κ1) is 6.73. The molecule has 1 fully saturated rings. The lowest BCUT2D eigenvalue weighted by Gasteiger charge is -1.99. The minimum Gasteiger partial charge on any atom is -0.308 e. The van der Waals surface area contributed by atoms with Gasteiger partial charge in [0.15, 0.2) is 0 Å². The summed E-state index contributed by atoms with van der Waals surface area (Å²) in [6.07, 6.45) is 6.01. The van der Waals surface area contributed by atoms with Crippen LogP contribution in [0.4, 0.5) is 0 Å². The van der Waals surface area contributed by atoms with Crippen LogP contribution in [0.1, 0.15) is 18.5 Å². The summed E-state index contributed by atoms with van der Waals surface area (Å²) < 4.78 is 0. The maximum Gasteiger partial charge on any atom is 0.115 e. The third kappa shape index (κ3) is 1.98. The van der Waals surface area contributed by atoms with E-state index in [1.807, 2.05) is 6.07 Å². The summed E-state index contributed by atoms with van der Waals surface area (Å²) in [6.45, 7) is 0.882. The smallest absolute Gasteiger partial charge is 0.115 e. The number of nitrogens with one attached hydrogen (secondary N) is 1. The molecule has 3 nitrogen and oxygen atoms in total. The highest BCUT2D eigenvalue weighted by molar-refractivity contribution is 4.98. The van der Waals surface area contributed by atoms with Gasteiger partial charge in [-0.2, -0.15) is 0 Å². The van der Waals surface area contributed by atoms with E-state index in [2.05, 4.69) is 15.3 Å². The van der Waals surface area contributed by atoms with Crippen LogP contribution in [0.3, 0.4) is 0 Å². The number of aromatic nitrogens is 2. The van der Waals surface area contributed by atoms with Gasteiger partial charge in [0.2, 0.25) is 0 Å². The predicted octanol–water partition coefficient (Wildman–Crippen LogP) is 0.729. The van der Waals surface area contributed by atoms with Gasteiger partial charge in [-0.05, 0) is 18.9 Å². The molecule has 0 saturated heterocycles. The van der Waals surface area contributed by atoms with E-state index in [0.29, 0.717) is 0 Å². The van der Waals surface area contributed by atoms with Crippen LogP contribution in [0.5, 0.6) is 0 Å². The van der Waals surface area contributed by atoms with Crippen LogP contribution in [0.25, 0.3) is 0 Å². The van der Waals surface area contributed by atoms with Crippen LogP contribution >= 0.6 is 0 Å². The Labute approximate surface area is 65.9 Å². The third-order valence-electron chi connectivity index (χ3n) is 1.79. The van der Waals surface area contributed by atoms with Crippen LogP contribution in [-0.4, -0.2) is 16.0 Å². The summed E-state index contributed by atoms with van der Waals surface area (Å²) in [5.74, 6) is 0. The molecule has 0 bridgehead atoms. The van der Waals surface area contributed by atoms with Gasteiger partial charge in [0.05, 0.1) is 5.69 Å². The monoisotopic (exact) mass is 149 g/mol. The molecule has 0 atom stereocenters. The molecule has 0 amide bonds. The highest BCUT2D eigenvalue weighted by Crippen LogP contribution is 2.18. The fourth-order valence-corrected chi connectivity index (χ4v) is 0.959. The van der Waals surface area contributed by atoms with Crippen molar-refractivity contribution < 1.29 is 0 Å². The summed E-state index contributed by atoms with van der Waals surface area (Å²) in [4.78, 5) is 7.95. The zero-order chi connectivity index (χ0) is 7.52. The molecule has 1 saturated carbocycles. The SMILES string of the molecule is c1cc(CNC2CC2)ncn1. The molecule has 1 aromatic rings. The van der Waals surface area contributed by atoms with E-state index in [1.54, 1.807) is 12.5 Å². The Balaban J connectivity index is 1.85. The zero-order valence-corrected chi connectivity index (χ0v) is 6.33. The van der Waals surface area contributed by atoms with Gasteiger partial charge in [-0.25, -0.2) is 9.97 Å². The molecule has 0 aromatic carbocycles. The molecule has 1 heterocycles. The fraction of sp³-hybridized carbons (Fsp3) is 0.500. The van der Waals surface area contributed by atoms with Gasteiger partial charge in [-0.3, -0.25) is 0 Å². The molecule has 1 N–H and O–H groups in total. The highest BCUT2D eigenvalue weighted by atomic mass is 15.0. The molecule has 58 valence electrons. The van der Waals surface area contributed by atoms with Crippen molar-refractivity contribution in [2.45, 2.75) is 25.4 Å². The second-order valence-electron chi connectivity index (χ2n) is 2.86. The van der Waals surface area contributed by atoms with Gasteiger partial charge in [0, 0.05) is 18.8 Å². The molecule has 1 aromatic heterocycles. The lowest BCUT2D eigenvalue weighted by molar-refractivity contribution is 0.672. The van der Waals surface area contributed by atoms with Gasteiger partial charge >= 0.3 is 0 Å². The Morgan fingerprint density at radius 3 is 3.09 bits per heavy atom. The van der Waals surface area contributed by atoms with E-state index in [1.165, 1.54) is 12.8 Å². The fourth-order valence-electron chi connectivity index (χ4n) is 0.959. The van der Waals surface area contributed by atoms with E-state index in [-0.39, 0.29) is 0 Å². The van der Waals surface area contributed by atoms with Crippen LogP contribution in [0.15, 0.2) is 18.6 Å². The topological polar surface area (TPSA) is 37.8 Å². The molecule has 11 heavy (non-hydrogen) atoms. The molecule has 0 unspecified atom stereocenters. The van der Waals surface area contributed by atoms with E-state index >= 15 is 0 Å². The molecule has 1 aliphatic carbocycles. The molecule has 1 aliphatic rings. The summed E-state index contributed by atoms with van der Waals surface area (Å²) >= 11 is 0. The zero-order valence-electron chi connectivity index (χ0n) is 6.33. The minimum absolute atomic E-state index is 0.755. The molecule has 3 heteroatoms. The molecular formula is C8H11N3.